The van der Waals surface area contributed by atoms with Crippen LogP contribution in [0.3, 0.4) is 0 Å². The van der Waals surface area contributed by atoms with Gasteiger partial charge >= 0.3 is 0 Å². The van der Waals surface area contributed by atoms with Gasteiger partial charge in [0.05, 0.1) is 0 Å². The quantitative estimate of drug-likeness (QED) is 0.722. The predicted octanol–water partition coefficient (Wildman–Crippen LogP) is 5.09. The fourth-order valence-electron chi connectivity index (χ4n) is 1.98. The number of hydrogen-bond acceptors (Lipinski definition) is 1. The van der Waals surface area contributed by atoms with Gasteiger partial charge in [-0.05, 0) is 42.5 Å². The maximum Gasteiger partial charge on any atom is 0.119 e. The van der Waals surface area contributed by atoms with E-state index in [4.69, 9.17) is 4.74 Å². The van der Waals surface area contributed by atoms with Gasteiger partial charge in [-0.3, -0.25) is 0 Å². The second kappa shape index (κ2) is 6.42. The molecule has 1 unspecified atom stereocenters. The van der Waals surface area contributed by atoms with Gasteiger partial charge in [0.15, 0.2) is 0 Å². The number of ether oxygens (including phenoxy) is 1. The van der Waals surface area contributed by atoms with E-state index in [1.807, 2.05) is 0 Å². The summed E-state index contributed by atoms with van der Waals surface area (Å²) in [5, 5.41) is 0. The van der Waals surface area contributed by atoms with Crippen LogP contribution >= 0.6 is 0 Å². The second-order valence-corrected chi connectivity index (χ2v) is 5.15. The maximum atomic E-state index is 5.80. The average molecular weight is 254 g/mol. The van der Waals surface area contributed by atoms with Crippen LogP contribution in [0.4, 0.5) is 0 Å². The summed E-state index contributed by atoms with van der Waals surface area (Å²) in [5.74, 6) is 1.55. The third-order valence-electron chi connectivity index (χ3n) is 3.59. The lowest BCUT2D eigenvalue weighted by molar-refractivity contribution is 0.306. The highest BCUT2D eigenvalue weighted by atomic mass is 16.5. The average Bonchev–Trinajstić information content (AvgIpc) is 2.46. The fraction of sp³-hybridized carbons (Fsp3) is 0.333. The maximum absolute atomic E-state index is 5.80. The zero-order valence-electron chi connectivity index (χ0n) is 12.0. The van der Waals surface area contributed by atoms with Gasteiger partial charge in [-0.2, -0.15) is 0 Å². The van der Waals surface area contributed by atoms with Gasteiger partial charge in [0.2, 0.25) is 0 Å². The van der Waals surface area contributed by atoms with Crippen molar-refractivity contribution in [3.8, 4) is 5.75 Å². The van der Waals surface area contributed by atoms with Crippen molar-refractivity contribution in [2.45, 2.75) is 39.7 Å². The summed E-state index contributed by atoms with van der Waals surface area (Å²) < 4.78 is 5.80. The summed E-state index contributed by atoms with van der Waals surface area (Å²) in [4.78, 5) is 0. The number of benzene rings is 2. The first-order valence-corrected chi connectivity index (χ1v) is 6.97. The minimum atomic E-state index is 0.617. The van der Waals surface area contributed by atoms with Crippen LogP contribution in [0.25, 0.3) is 0 Å². The lowest BCUT2D eigenvalue weighted by atomic mass is 9.99. The molecule has 0 spiro atoms. The smallest absolute Gasteiger partial charge is 0.119 e. The zero-order chi connectivity index (χ0) is 13.7. The molecule has 0 heterocycles. The molecule has 19 heavy (non-hydrogen) atoms. The Morgan fingerprint density at radius 1 is 0.947 bits per heavy atom. The van der Waals surface area contributed by atoms with Crippen molar-refractivity contribution in [1.29, 1.82) is 0 Å². The van der Waals surface area contributed by atoms with E-state index in [0.717, 1.165) is 5.75 Å². The van der Waals surface area contributed by atoms with Crippen LogP contribution in [-0.4, -0.2) is 0 Å². The standard InChI is InChI=1S/C18H22O/c1-4-15(3)17-9-11-18(12-10-17)19-13-16-7-5-14(2)6-8-16/h5-12,15H,4,13H2,1-3H3. The molecule has 2 rings (SSSR count). The summed E-state index contributed by atoms with van der Waals surface area (Å²) in [5.41, 5.74) is 3.86. The van der Waals surface area contributed by atoms with Crippen molar-refractivity contribution in [2.24, 2.45) is 0 Å². The van der Waals surface area contributed by atoms with Crippen molar-refractivity contribution in [3.63, 3.8) is 0 Å². The van der Waals surface area contributed by atoms with E-state index in [1.165, 1.54) is 23.1 Å². The molecule has 1 atom stereocenters. The van der Waals surface area contributed by atoms with Gasteiger partial charge in [0, 0.05) is 0 Å². The third-order valence-corrected chi connectivity index (χ3v) is 3.59. The Morgan fingerprint density at radius 3 is 2.16 bits per heavy atom. The molecule has 0 saturated heterocycles. The van der Waals surface area contributed by atoms with Crippen LogP contribution in [0.1, 0.15) is 42.9 Å². The molecule has 2 aromatic rings. The van der Waals surface area contributed by atoms with Crippen LogP contribution in [0.5, 0.6) is 5.75 Å². The molecule has 0 amide bonds. The Balaban J connectivity index is 1.94. The molecule has 0 aliphatic heterocycles. The van der Waals surface area contributed by atoms with Crippen molar-refractivity contribution in [2.75, 3.05) is 0 Å². The van der Waals surface area contributed by atoms with Gasteiger partial charge < -0.3 is 4.74 Å². The second-order valence-electron chi connectivity index (χ2n) is 5.15. The van der Waals surface area contributed by atoms with Crippen LogP contribution < -0.4 is 4.74 Å². The highest BCUT2D eigenvalue weighted by Crippen LogP contribution is 2.22. The molecule has 1 nitrogen and oxygen atoms in total. The van der Waals surface area contributed by atoms with Crippen LogP contribution in [0, 0.1) is 6.92 Å². The van der Waals surface area contributed by atoms with Crippen molar-refractivity contribution < 1.29 is 4.74 Å². The summed E-state index contributed by atoms with van der Waals surface area (Å²) >= 11 is 0. The highest BCUT2D eigenvalue weighted by molar-refractivity contribution is 5.29. The molecule has 0 aromatic heterocycles. The van der Waals surface area contributed by atoms with Gasteiger partial charge in [-0.15, -0.1) is 0 Å². The Morgan fingerprint density at radius 2 is 1.58 bits per heavy atom. The first-order valence-electron chi connectivity index (χ1n) is 6.97. The van der Waals surface area contributed by atoms with Crippen LogP contribution in [0.15, 0.2) is 48.5 Å². The Kier molecular flexibility index (Phi) is 4.62. The Hall–Kier alpha value is -1.76. The molecule has 0 aliphatic rings. The zero-order valence-corrected chi connectivity index (χ0v) is 12.0. The number of rotatable bonds is 5. The van der Waals surface area contributed by atoms with Crippen molar-refractivity contribution >= 4 is 0 Å². The molecule has 1 heteroatoms. The minimum Gasteiger partial charge on any atom is -0.489 e. The third kappa shape index (κ3) is 3.85. The first-order chi connectivity index (χ1) is 9.19. The molecule has 2 aromatic carbocycles. The van der Waals surface area contributed by atoms with E-state index in [9.17, 15) is 0 Å². The number of aryl methyl sites for hydroxylation is 1. The first kappa shape index (κ1) is 13.7. The van der Waals surface area contributed by atoms with E-state index in [1.54, 1.807) is 0 Å². The van der Waals surface area contributed by atoms with Crippen LogP contribution in [0.2, 0.25) is 0 Å². The molecule has 0 fully saturated rings. The van der Waals surface area contributed by atoms with Crippen LogP contribution in [-0.2, 0) is 6.61 Å². The highest BCUT2D eigenvalue weighted by Gasteiger charge is 2.02. The van der Waals surface area contributed by atoms with E-state index in [2.05, 4.69) is 69.3 Å². The van der Waals surface area contributed by atoms with Gasteiger partial charge in [0.1, 0.15) is 12.4 Å². The molecule has 100 valence electrons. The van der Waals surface area contributed by atoms with Crippen molar-refractivity contribution in [3.05, 3.63) is 65.2 Å². The summed E-state index contributed by atoms with van der Waals surface area (Å²) in [6.45, 7) is 7.19. The lowest BCUT2D eigenvalue weighted by Crippen LogP contribution is -1.96. The Bertz CT molecular complexity index is 496. The van der Waals surface area contributed by atoms with E-state index in [0.29, 0.717) is 12.5 Å². The largest absolute Gasteiger partial charge is 0.489 e. The minimum absolute atomic E-state index is 0.617. The molecular weight excluding hydrogens is 232 g/mol. The lowest BCUT2D eigenvalue weighted by Gasteiger charge is -2.11. The molecular formula is C18H22O. The van der Waals surface area contributed by atoms with E-state index in [-0.39, 0.29) is 0 Å². The number of hydrogen-bond donors (Lipinski definition) is 0. The van der Waals surface area contributed by atoms with Crippen molar-refractivity contribution in [1.82, 2.24) is 0 Å². The fourth-order valence-corrected chi connectivity index (χ4v) is 1.98. The molecule has 0 saturated carbocycles. The predicted molar refractivity (Wildman–Crippen MR) is 80.7 cm³/mol. The molecule has 0 radical (unpaired) electrons. The topological polar surface area (TPSA) is 9.23 Å². The van der Waals surface area contributed by atoms with Gasteiger partial charge in [0.25, 0.3) is 0 Å². The molecule has 0 N–H and O–H groups in total. The molecule has 0 aliphatic carbocycles. The SMILES string of the molecule is CCC(C)c1ccc(OCc2ccc(C)cc2)cc1. The summed E-state index contributed by atoms with van der Waals surface area (Å²) in [6.07, 6.45) is 1.17. The monoisotopic (exact) mass is 254 g/mol. The molecule has 0 bridgehead atoms. The van der Waals surface area contributed by atoms with Gasteiger partial charge in [-0.1, -0.05) is 55.8 Å². The van der Waals surface area contributed by atoms with E-state index < -0.39 is 0 Å². The Labute approximate surface area is 116 Å². The summed E-state index contributed by atoms with van der Waals surface area (Å²) in [6, 6.07) is 16.9. The van der Waals surface area contributed by atoms with Gasteiger partial charge in [-0.25, -0.2) is 0 Å². The normalized spacial score (nSPS) is 12.2. The summed E-state index contributed by atoms with van der Waals surface area (Å²) in [7, 11) is 0. The van der Waals surface area contributed by atoms with E-state index >= 15 is 0 Å².